The molecule has 38 heavy (non-hydrogen) atoms. The zero-order chi connectivity index (χ0) is 26.9. The van der Waals surface area contributed by atoms with Crippen molar-refractivity contribution in [1.82, 2.24) is 10.2 Å². The molecule has 2 heterocycles. The van der Waals surface area contributed by atoms with Gasteiger partial charge < -0.3 is 28.7 Å². The minimum absolute atomic E-state index is 0.199. The number of nitrogens with one attached hydrogen (secondary N) is 1. The van der Waals surface area contributed by atoms with E-state index in [0.29, 0.717) is 72.4 Å². The van der Waals surface area contributed by atoms with Crippen LogP contribution < -0.4 is 24.3 Å². The van der Waals surface area contributed by atoms with Crippen LogP contribution >= 0.6 is 12.2 Å². The van der Waals surface area contributed by atoms with E-state index >= 15 is 0 Å². The molecule has 1 amide bonds. The van der Waals surface area contributed by atoms with Crippen molar-refractivity contribution in [2.45, 2.75) is 33.8 Å². The Labute approximate surface area is 228 Å². The molecule has 0 bridgehead atoms. The topological polar surface area (TPSA) is 82.4 Å². The van der Waals surface area contributed by atoms with Gasteiger partial charge in [0.2, 0.25) is 0 Å². The first kappa shape index (κ1) is 27.1. The van der Waals surface area contributed by atoms with E-state index < -0.39 is 0 Å². The SMILES string of the molecule is CCOc1ccc(OCc2ccc(/C=C3/NC(=S)N(CCc4ccc(OCC)c(OCC)c4)C3=O)o2)cc1. The summed E-state index contributed by atoms with van der Waals surface area (Å²) in [5.41, 5.74) is 1.39. The number of amides is 1. The van der Waals surface area contributed by atoms with Gasteiger partial charge in [0.05, 0.1) is 19.8 Å². The summed E-state index contributed by atoms with van der Waals surface area (Å²) < 4.78 is 28.4. The summed E-state index contributed by atoms with van der Waals surface area (Å²) in [5.74, 6) is 3.87. The van der Waals surface area contributed by atoms with Gasteiger partial charge in [-0.2, -0.15) is 0 Å². The Kier molecular flexibility index (Phi) is 9.26. The number of carbonyl (C=O) groups excluding carboxylic acids is 1. The molecule has 1 aromatic heterocycles. The average molecular weight is 537 g/mol. The number of hydrogen-bond donors (Lipinski definition) is 1. The van der Waals surface area contributed by atoms with Crippen molar-refractivity contribution < 1.29 is 28.2 Å². The molecule has 4 rings (SSSR count). The fourth-order valence-electron chi connectivity index (χ4n) is 3.91. The highest BCUT2D eigenvalue weighted by Crippen LogP contribution is 2.29. The number of hydrogen-bond acceptors (Lipinski definition) is 7. The Bertz CT molecular complexity index is 1280. The van der Waals surface area contributed by atoms with Crippen molar-refractivity contribution in [3.05, 3.63) is 77.4 Å². The largest absolute Gasteiger partial charge is 0.494 e. The molecule has 0 unspecified atom stereocenters. The Balaban J connectivity index is 1.34. The van der Waals surface area contributed by atoms with Crippen LogP contribution in [0.15, 0.2) is 64.7 Å². The summed E-state index contributed by atoms with van der Waals surface area (Å²) in [5, 5.41) is 3.36. The molecule has 9 heteroatoms. The summed E-state index contributed by atoms with van der Waals surface area (Å²) in [4.78, 5) is 14.6. The van der Waals surface area contributed by atoms with E-state index in [9.17, 15) is 4.79 Å². The maximum atomic E-state index is 13.0. The summed E-state index contributed by atoms with van der Waals surface area (Å²) in [7, 11) is 0. The Morgan fingerprint density at radius 2 is 1.55 bits per heavy atom. The molecule has 1 aliphatic heterocycles. The molecule has 1 fully saturated rings. The van der Waals surface area contributed by atoms with E-state index in [1.807, 2.05) is 69.3 Å². The number of nitrogens with zero attached hydrogens (tertiary/aromatic N) is 1. The first-order chi connectivity index (χ1) is 18.5. The Morgan fingerprint density at radius 3 is 2.26 bits per heavy atom. The van der Waals surface area contributed by atoms with Gasteiger partial charge in [0.15, 0.2) is 16.6 Å². The lowest BCUT2D eigenvalue weighted by atomic mass is 10.1. The van der Waals surface area contributed by atoms with Crippen LogP contribution in [-0.2, 0) is 17.8 Å². The second kappa shape index (κ2) is 13.0. The number of rotatable bonds is 13. The first-order valence-corrected chi connectivity index (χ1v) is 13.1. The molecule has 0 saturated carbocycles. The minimum Gasteiger partial charge on any atom is -0.494 e. The van der Waals surface area contributed by atoms with Crippen LogP contribution in [0.3, 0.4) is 0 Å². The lowest BCUT2D eigenvalue weighted by Crippen LogP contribution is -2.32. The van der Waals surface area contributed by atoms with Crippen LogP contribution in [0.25, 0.3) is 6.08 Å². The fraction of sp³-hybridized carbons (Fsp3) is 0.310. The zero-order valence-electron chi connectivity index (χ0n) is 21.8. The first-order valence-electron chi connectivity index (χ1n) is 12.7. The fourth-order valence-corrected chi connectivity index (χ4v) is 4.20. The smallest absolute Gasteiger partial charge is 0.276 e. The third-order valence-electron chi connectivity index (χ3n) is 5.68. The predicted octanol–water partition coefficient (Wildman–Crippen LogP) is 5.36. The van der Waals surface area contributed by atoms with Gasteiger partial charge in [-0.3, -0.25) is 9.69 Å². The number of carbonyl (C=O) groups is 1. The summed E-state index contributed by atoms with van der Waals surface area (Å²) in [6.45, 7) is 8.21. The maximum Gasteiger partial charge on any atom is 0.276 e. The number of ether oxygens (including phenoxy) is 4. The van der Waals surface area contributed by atoms with Crippen molar-refractivity contribution in [3.63, 3.8) is 0 Å². The summed E-state index contributed by atoms with van der Waals surface area (Å²) >= 11 is 5.42. The van der Waals surface area contributed by atoms with Gasteiger partial charge in [-0.25, -0.2) is 0 Å². The molecule has 2 aromatic carbocycles. The highest BCUT2D eigenvalue weighted by molar-refractivity contribution is 7.80. The monoisotopic (exact) mass is 536 g/mol. The molecule has 1 aliphatic rings. The molecule has 0 aliphatic carbocycles. The summed E-state index contributed by atoms with van der Waals surface area (Å²) in [6, 6.07) is 16.8. The average Bonchev–Trinajstić information content (AvgIpc) is 3.47. The van der Waals surface area contributed by atoms with Crippen LogP contribution in [0, 0.1) is 0 Å². The zero-order valence-corrected chi connectivity index (χ0v) is 22.6. The quantitative estimate of drug-likeness (QED) is 0.231. The van der Waals surface area contributed by atoms with Crippen molar-refractivity contribution in [2.75, 3.05) is 26.4 Å². The predicted molar refractivity (Wildman–Crippen MR) is 149 cm³/mol. The molecule has 1 saturated heterocycles. The summed E-state index contributed by atoms with van der Waals surface area (Å²) in [6.07, 6.45) is 2.26. The van der Waals surface area contributed by atoms with Crippen LogP contribution in [0.5, 0.6) is 23.0 Å². The molecule has 0 spiro atoms. The van der Waals surface area contributed by atoms with E-state index in [2.05, 4.69) is 5.32 Å². The second-order valence-corrected chi connectivity index (χ2v) is 8.73. The lowest BCUT2D eigenvalue weighted by Gasteiger charge is -2.15. The second-order valence-electron chi connectivity index (χ2n) is 8.34. The van der Waals surface area contributed by atoms with Crippen molar-refractivity contribution in [2.24, 2.45) is 0 Å². The van der Waals surface area contributed by atoms with Gasteiger partial charge in [-0.1, -0.05) is 6.07 Å². The highest BCUT2D eigenvalue weighted by Gasteiger charge is 2.30. The maximum absolute atomic E-state index is 13.0. The van der Waals surface area contributed by atoms with Crippen LogP contribution in [-0.4, -0.2) is 42.3 Å². The number of furan rings is 1. The van der Waals surface area contributed by atoms with Gasteiger partial charge >= 0.3 is 0 Å². The van der Waals surface area contributed by atoms with Crippen molar-refractivity contribution >= 4 is 29.3 Å². The van der Waals surface area contributed by atoms with Gasteiger partial charge in [0.1, 0.15) is 35.3 Å². The van der Waals surface area contributed by atoms with Crippen LogP contribution in [0.1, 0.15) is 37.9 Å². The molecule has 0 atom stereocenters. The normalized spacial score (nSPS) is 14.1. The van der Waals surface area contributed by atoms with Crippen LogP contribution in [0.4, 0.5) is 0 Å². The van der Waals surface area contributed by atoms with E-state index in [1.165, 1.54) is 0 Å². The Hall–Kier alpha value is -3.98. The molecular weight excluding hydrogens is 504 g/mol. The van der Waals surface area contributed by atoms with Gasteiger partial charge in [-0.15, -0.1) is 0 Å². The number of benzene rings is 2. The van der Waals surface area contributed by atoms with E-state index in [1.54, 1.807) is 17.0 Å². The molecule has 200 valence electrons. The lowest BCUT2D eigenvalue weighted by molar-refractivity contribution is -0.122. The minimum atomic E-state index is -0.199. The van der Waals surface area contributed by atoms with Crippen molar-refractivity contribution in [3.8, 4) is 23.0 Å². The standard InChI is InChI=1S/C29H32N2O6S/c1-4-33-21-8-10-22(11-9-21)36-19-24-13-12-23(37-24)18-25-28(32)31(29(38)30-25)16-15-20-7-14-26(34-5-2)27(17-20)35-6-3/h7-14,17-18H,4-6,15-16,19H2,1-3H3,(H,30,38)/b25-18+. The van der Waals surface area contributed by atoms with E-state index in [0.717, 1.165) is 11.3 Å². The molecule has 1 N–H and O–H groups in total. The third kappa shape index (κ3) is 6.86. The van der Waals surface area contributed by atoms with Crippen molar-refractivity contribution in [1.29, 1.82) is 0 Å². The van der Waals surface area contributed by atoms with Gasteiger partial charge in [-0.05, 0) is 93.5 Å². The molecule has 0 radical (unpaired) electrons. The highest BCUT2D eigenvalue weighted by atomic mass is 32.1. The molecular formula is C29H32N2O6S. The molecule has 3 aromatic rings. The van der Waals surface area contributed by atoms with E-state index in [-0.39, 0.29) is 12.5 Å². The number of thiocarbonyl (C=S) groups is 1. The molecule has 8 nitrogen and oxygen atoms in total. The Morgan fingerprint density at radius 1 is 0.868 bits per heavy atom. The van der Waals surface area contributed by atoms with Gasteiger partial charge in [0, 0.05) is 12.6 Å². The van der Waals surface area contributed by atoms with Gasteiger partial charge in [0.25, 0.3) is 5.91 Å². The van der Waals surface area contributed by atoms with Crippen LogP contribution in [0.2, 0.25) is 0 Å². The van der Waals surface area contributed by atoms with E-state index in [4.69, 9.17) is 35.6 Å². The third-order valence-corrected chi connectivity index (χ3v) is 6.00.